The van der Waals surface area contributed by atoms with Crippen LogP contribution in [-0.2, 0) is 4.74 Å². The Bertz CT molecular complexity index is 273. The first kappa shape index (κ1) is 9.13. The molecular weight excluding hydrogens is 162 g/mol. The van der Waals surface area contributed by atoms with Crippen LogP contribution in [0.15, 0.2) is 18.2 Å². The van der Waals surface area contributed by atoms with Crippen molar-refractivity contribution in [2.24, 2.45) is 0 Å². The zero-order valence-corrected chi connectivity index (χ0v) is 6.68. The minimum absolute atomic E-state index is 0.137. The lowest BCUT2D eigenvalue weighted by atomic mass is 10.1. The first-order chi connectivity index (χ1) is 5.66. The van der Waals surface area contributed by atoms with Crippen LogP contribution >= 0.6 is 0 Å². The molecule has 0 saturated carbocycles. The van der Waals surface area contributed by atoms with E-state index in [0.29, 0.717) is 0 Å². The summed E-state index contributed by atoms with van der Waals surface area (Å²) in [6.45, 7) is 3.50. The Labute approximate surface area is 70.0 Å². The first-order valence-electron chi connectivity index (χ1n) is 3.46. The third kappa shape index (κ3) is 1.61. The van der Waals surface area contributed by atoms with Crippen LogP contribution < -0.4 is 0 Å². The van der Waals surface area contributed by atoms with E-state index >= 15 is 0 Å². The molecule has 0 bridgehead atoms. The normalized spacial score (nSPS) is 13.0. The maximum absolute atomic E-state index is 12.9. The predicted octanol–water partition coefficient (Wildman–Crippen LogP) is 2.49. The zero-order chi connectivity index (χ0) is 9.14. The molecule has 1 atom stereocenters. The monoisotopic (exact) mass is 171 g/mol. The lowest BCUT2D eigenvalue weighted by Crippen LogP contribution is -2.01. The zero-order valence-electron chi connectivity index (χ0n) is 6.68. The highest BCUT2D eigenvalue weighted by Gasteiger charge is 2.12. The van der Waals surface area contributed by atoms with Gasteiger partial charge >= 0.3 is 0 Å². The minimum atomic E-state index is -0.889. The van der Waals surface area contributed by atoms with E-state index in [9.17, 15) is 8.78 Å². The number of halogens is 2. The summed E-state index contributed by atoms with van der Waals surface area (Å²) in [5.41, 5.74) is 0.137. The quantitative estimate of drug-likeness (QED) is 0.664. The summed E-state index contributed by atoms with van der Waals surface area (Å²) in [5.74, 6) is -1.77. The fourth-order valence-electron chi connectivity index (χ4n) is 0.896. The van der Waals surface area contributed by atoms with Gasteiger partial charge in [-0.25, -0.2) is 8.78 Å². The van der Waals surface area contributed by atoms with Crippen molar-refractivity contribution in [3.8, 4) is 0 Å². The molecule has 0 heterocycles. The van der Waals surface area contributed by atoms with Crippen LogP contribution in [0.5, 0.6) is 0 Å². The number of hydrogen-bond acceptors (Lipinski definition) is 1. The van der Waals surface area contributed by atoms with Crippen LogP contribution in [0.25, 0.3) is 0 Å². The fourth-order valence-corrected chi connectivity index (χ4v) is 0.896. The lowest BCUT2D eigenvalue weighted by molar-refractivity contribution is 0.136. The lowest BCUT2D eigenvalue weighted by Gasteiger charge is -2.10. The third-order valence-electron chi connectivity index (χ3n) is 1.61. The standard InChI is InChI=1S/C9H9F2O/c1-6(12-2)7-4-3-5-8(10)9(7)11/h3-6H,1H2,2H3. The molecule has 0 aromatic heterocycles. The Kier molecular flexibility index (Phi) is 2.76. The van der Waals surface area contributed by atoms with Gasteiger partial charge in [0.15, 0.2) is 11.6 Å². The summed E-state index contributed by atoms with van der Waals surface area (Å²) < 4.78 is 30.3. The van der Waals surface area contributed by atoms with Crippen molar-refractivity contribution in [2.45, 2.75) is 6.10 Å². The van der Waals surface area contributed by atoms with E-state index < -0.39 is 17.7 Å². The van der Waals surface area contributed by atoms with Gasteiger partial charge in [0, 0.05) is 12.7 Å². The second-order valence-electron chi connectivity index (χ2n) is 2.37. The highest BCUT2D eigenvalue weighted by atomic mass is 19.2. The van der Waals surface area contributed by atoms with Crippen LogP contribution in [0.1, 0.15) is 11.7 Å². The summed E-state index contributed by atoms with van der Waals surface area (Å²) in [5, 5.41) is 0. The highest BCUT2D eigenvalue weighted by molar-refractivity contribution is 5.21. The number of ether oxygens (including phenoxy) is 1. The summed E-state index contributed by atoms with van der Waals surface area (Å²) >= 11 is 0. The van der Waals surface area contributed by atoms with Crippen molar-refractivity contribution in [2.75, 3.05) is 7.11 Å². The maximum Gasteiger partial charge on any atom is 0.164 e. The summed E-state index contributed by atoms with van der Waals surface area (Å²) in [6, 6.07) is 3.92. The Hall–Kier alpha value is -0.960. The van der Waals surface area contributed by atoms with Crippen LogP contribution in [0.3, 0.4) is 0 Å². The van der Waals surface area contributed by atoms with E-state index in [1.54, 1.807) is 0 Å². The average Bonchev–Trinajstić information content (AvgIpc) is 2.08. The molecule has 1 rings (SSSR count). The SMILES string of the molecule is [CH2]C(OC)c1cccc(F)c1F. The van der Waals surface area contributed by atoms with E-state index in [4.69, 9.17) is 4.74 Å². The minimum Gasteiger partial charge on any atom is -0.377 e. The summed E-state index contributed by atoms with van der Waals surface area (Å²) in [7, 11) is 1.39. The molecular formula is C9H9F2O. The predicted molar refractivity (Wildman–Crippen MR) is 41.5 cm³/mol. The second-order valence-corrected chi connectivity index (χ2v) is 2.37. The number of rotatable bonds is 2. The summed E-state index contributed by atoms with van der Waals surface area (Å²) in [4.78, 5) is 0. The van der Waals surface area contributed by atoms with Gasteiger partial charge < -0.3 is 4.74 Å². The van der Waals surface area contributed by atoms with Crippen molar-refractivity contribution in [1.82, 2.24) is 0 Å². The number of hydrogen-bond donors (Lipinski definition) is 0. The molecule has 1 nitrogen and oxygen atoms in total. The van der Waals surface area contributed by atoms with Crippen molar-refractivity contribution in [3.63, 3.8) is 0 Å². The van der Waals surface area contributed by atoms with E-state index in [0.717, 1.165) is 6.07 Å². The Morgan fingerprint density at radius 1 is 1.42 bits per heavy atom. The van der Waals surface area contributed by atoms with Crippen LogP contribution in [0.4, 0.5) is 8.78 Å². The number of benzene rings is 1. The second kappa shape index (κ2) is 3.63. The molecule has 0 fully saturated rings. The van der Waals surface area contributed by atoms with Crippen molar-refractivity contribution < 1.29 is 13.5 Å². The molecule has 0 aliphatic heterocycles. The van der Waals surface area contributed by atoms with Crippen LogP contribution in [0.2, 0.25) is 0 Å². The molecule has 1 aromatic rings. The molecule has 1 radical (unpaired) electrons. The van der Waals surface area contributed by atoms with Crippen molar-refractivity contribution in [3.05, 3.63) is 42.3 Å². The maximum atomic E-state index is 12.9. The van der Waals surface area contributed by atoms with Crippen LogP contribution in [0, 0.1) is 18.6 Å². The molecule has 0 aliphatic rings. The van der Waals surface area contributed by atoms with Gasteiger partial charge in [0.1, 0.15) is 0 Å². The van der Waals surface area contributed by atoms with Gasteiger partial charge in [-0.15, -0.1) is 0 Å². The number of methoxy groups -OCH3 is 1. The summed E-state index contributed by atoms with van der Waals surface area (Å²) in [6.07, 6.45) is -0.666. The molecule has 65 valence electrons. The molecule has 12 heavy (non-hydrogen) atoms. The van der Waals surface area contributed by atoms with Gasteiger partial charge in [0.25, 0.3) is 0 Å². The van der Waals surface area contributed by atoms with Crippen molar-refractivity contribution in [1.29, 1.82) is 0 Å². The third-order valence-corrected chi connectivity index (χ3v) is 1.61. The van der Waals surface area contributed by atoms with Gasteiger partial charge in [-0.3, -0.25) is 0 Å². The van der Waals surface area contributed by atoms with E-state index in [-0.39, 0.29) is 5.56 Å². The molecule has 0 saturated heterocycles. The molecule has 0 N–H and O–H groups in total. The van der Waals surface area contributed by atoms with Gasteiger partial charge in [0.05, 0.1) is 6.10 Å². The molecule has 1 aromatic carbocycles. The molecule has 0 spiro atoms. The highest BCUT2D eigenvalue weighted by Crippen LogP contribution is 2.20. The Balaban J connectivity index is 3.07. The van der Waals surface area contributed by atoms with Gasteiger partial charge in [-0.2, -0.15) is 0 Å². The molecule has 0 amide bonds. The smallest absolute Gasteiger partial charge is 0.164 e. The fraction of sp³-hybridized carbons (Fsp3) is 0.222. The van der Waals surface area contributed by atoms with Gasteiger partial charge in [-0.05, 0) is 13.0 Å². The Morgan fingerprint density at radius 3 is 2.67 bits per heavy atom. The first-order valence-corrected chi connectivity index (χ1v) is 3.46. The van der Waals surface area contributed by atoms with E-state index in [1.165, 1.54) is 19.2 Å². The topological polar surface area (TPSA) is 9.23 Å². The van der Waals surface area contributed by atoms with Crippen molar-refractivity contribution >= 4 is 0 Å². The molecule has 1 unspecified atom stereocenters. The largest absolute Gasteiger partial charge is 0.377 e. The Morgan fingerprint density at radius 2 is 2.08 bits per heavy atom. The average molecular weight is 171 g/mol. The molecule has 3 heteroatoms. The van der Waals surface area contributed by atoms with E-state index in [2.05, 4.69) is 6.92 Å². The molecule has 0 aliphatic carbocycles. The van der Waals surface area contributed by atoms with E-state index in [1.807, 2.05) is 0 Å². The van der Waals surface area contributed by atoms with Crippen LogP contribution in [-0.4, -0.2) is 7.11 Å². The van der Waals surface area contributed by atoms with Gasteiger partial charge in [0.2, 0.25) is 0 Å². The van der Waals surface area contributed by atoms with Gasteiger partial charge in [-0.1, -0.05) is 12.1 Å².